The quantitative estimate of drug-likeness (QED) is 0.678. The minimum absolute atomic E-state index is 0.282. The molecule has 0 saturated heterocycles. The molecule has 0 spiro atoms. The van der Waals surface area contributed by atoms with Crippen LogP contribution in [-0.2, 0) is 11.3 Å². The summed E-state index contributed by atoms with van der Waals surface area (Å²) in [5, 5.41) is 3.15. The van der Waals surface area contributed by atoms with Crippen LogP contribution in [0.1, 0.15) is 18.9 Å². The highest BCUT2D eigenvalue weighted by Gasteiger charge is 1.97. The molecule has 0 aromatic heterocycles. The van der Waals surface area contributed by atoms with Crippen LogP contribution in [0.5, 0.6) is 5.75 Å². The maximum atomic E-state index is 10.5. The predicted octanol–water partition coefficient (Wildman–Crippen LogP) is 1.05. The number of ether oxygens (including phenoxy) is 1. The topological polar surface area (TPSA) is 64.3 Å². The fourth-order valence-electron chi connectivity index (χ4n) is 1.36. The molecular formula is C12H18N2O2. The van der Waals surface area contributed by atoms with Gasteiger partial charge in [0, 0.05) is 19.5 Å². The van der Waals surface area contributed by atoms with E-state index in [0.29, 0.717) is 26.1 Å². The lowest BCUT2D eigenvalue weighted by atomic mass is 10.2. The number of rotatable bonds is 7. The summed E-state index contributed by atoms with van der Waals surface area (Å²) in [6.07, 6.45) is 0.366. The molecule has 0 saturated carbocycles. The first kappa shape index (κ1) is 12.5. The summed E-state index contributed by atoms with van der Waals surface area (Å²) >= 11 is 0. The zero-order valence-electron chi connectivity index (χ0n) is 9.53. The Bertz CT molecular complexity index is 340. The van der Waals surface area contributed by atoms with Gasteiger partial charge < -0.3 is 15.8 Å². The maximum Gasteiger partial charge on any atom is 0.218 e. The summed E-state index contributed by atoms with van der Waals surface area (Å²) in [7, 11) is 0. The van der Waals surface area contributed by atoms with E-state index in [1.54, 1.807) is 0 Å². The van der Waals surface area contributed by atoms with Crippen LogP contribution in [0.4, 0.5) is 0 Å². The molecule has 16 heavy (non-hydrogen) atoms. The zero-order valence-corrected chi connectivity index (χ0v) is 9.53. The van der Waals surface area contributed by atoms with Crippen molar-refractivity contribution in [2.45, 2.75) is 19.9 Å². The fraction of sp³-hybridized carbons (Fsp3) is 0.417. The number of primary amides is 1. The molecule has 1 aromatic rings. The lowest BCUT2D eigenvalue weighted by Gasteiger charge is -2.06. The molecular weight excluding hydrogens is 204 g/mol. The molecule has 0 fully saturated rings. The number of nitrogens with one attached hydrogen (secondary N) is 1. The first-order chi connectivity index (χ1) is 7.72. The number of carbonyl (C=O) groups excluding carboxylic acids is 1. The first-order valence-electron chi connectivity index (χ1n) is 5.43. The van der Waals surface area contributed by atoms with Gasteiger partial charge in [0.2, 0.25) is 5.91 Å². The van der Waals surface area contributed by atoms with E-state index in [4.69, 9.17) is 10.5 Å². The number of nitrogens with two attached hydrogens (primary N) is 1. The van der Waals surface area contributed by atoms with E-state index >= 15 is 0 Å². The van der Waals surface area contributed by atoms with Crippen LogP contribution in [0, 0.1) is 0 Å². The molecule has 4 nitrogen and oxygen atoms in total. The van der Waals surface area contributed by atoms with Crippen molar-refractivity contribution in [3.63, 3.8) is 0 Å². The van der Waals surface area contributed by atoms with E-state index in [1.807, 2.05) is 31.2 Å². The van der Waals surface area contributed by atoms with Crippen molar-refractivity contribution >= 4 is 5.91 Å². The largest absolute Gasteiger partial charge is 0.494 e. The Labute approximate surface area is 95.8 Å². The fourth-order valence-corrected chi connectivity index (χ4v) is 1.36. The summed E-state index contributed by atoms with van der Waals surface area (Å²) in [5.41, 5.74) is 6.17. The van der Waals surface area contributed by atoms with Crippen LogP contribution in [-0.4, -0.2) is 19.1 Å². The lowest BCUT2D eigenvalue weighted by Crippen LogP contribution is -2.21. The van der Waals surface area contributed by atoms with E-state index in [0.717, 1.165) is 11.3 Å². The smallest absolute Gasteiger partial charge is 0.218 e. The van der Waals surface area contributed by atoms with E-state index in [2.05, 4.69) is 5.32 Å². The van der Waals surface area contributed by atoms with Crippen molar-refractivity contribution in [2.24, 2.45) is 5.73 Å². The molecule has 4 heteroatoms. The average Bonchev–Trinajstić information content (AvgIpc) is 2.25. The molecule has 1 rings (SSSR count). The summed E-state index contributed by atoms with van der Waals surface area (Å²) in [4.78, 5) is 10.5. The summed E-state index contributed by atoms with van der Waals surface area (Å²) in [6.45, 7) is 3.94. The highest BCUT2D eigenvalue weighted by atomic mass is 16.5. The van der Waals surface area contributed by atoms with Crippen LogP contribution in [0.3, 0.4) is 0 Å². The van der Waals surface area contributed by atoms with Gasteiger partial charge in [-0.1, -0.05) is 12.1 Å². The highest BCUT2D eigenvalue weighted by Crippen LogP contribution is 2.12. The standard InChI is InChI=1S/C12H18N2O2/c1-2-16-11-5-3-4-10(8-11)9-14-7-6-12(13)15/h3-5,8,14H,2,6-7,9H2,1H3,(H2,13,15). The third-order valence-corrected chi connectivity index (χ3v) is 2.09. The van der Waals surface area contributed by atoms with Crippen LogP contribution in [0.2, 0.25) is 0 Å². The van der Waals surface area contributed by atoms with E-state index in [-0.39, 0.29) is 5.91 Å². The predicted molar refractivity (Wildman–Crippen MR) is 63.1 cm³/mol. The van der Waals surface area contributed by atoms with Gasteiger partial charge in [0.25, 0.3) is 0 Å². The molecule has 0 atom stereocenters. The minimum atomic E-state index is -0.282. The van der Waals surface area contributed by atoms with E-state index in [9.17, 15) is 4.79 Å². The van der Waals surface area contributed by atoms with Gasteiger partial charge in [-0.2, -0.15) is 0 Å². The van der Waals surface area contributed by atoms with Crippen LogP contribution >= 0.6 is 0 Å². The second kappa shape index (κ2) is 6.85. The highest BCUT2D eigenvalue weighted by molar-refractivity contribution is 5.73. The molecule has 1 aromatic carbocycles. The first-order valence-corrected chi connectivity index (χ1v) is 5.43. The van der Waals surface area contributed by atoms with Crippen molar-refractivity contribution in [1.29, 1.82) is 0 Å². The van der Waals surface area contributed by atoms with E-state index in [1.165, 1.54) is 0 Å². The Balaban J connectivity index is 2.35. The van der Waals surface area contributed by atoms with Crippen LogP contribution < -0.4 is 15.8 Å². The Morgan fingerprint density at radius 1 is 1.50 bits per heavy atom. The average molecular weight is 222 g/mol. The Morgan fingerprint density at radius 3 is 3.00 bits per heavy atom. The molecule has 0 aliphatic carbocycles. The Morgan fingerprint density at radius 2 is 2.31 bits per heavy atom. The van der Waals surface area contributed by atoms with Gasteiger partial charge in [-0.25, -0.2) is 0 Å². The molecule has 0 aliphatic rings. The number of hydrogen-bond donors (Lipinski definition) is 2. The number of carbonyl (C=O) groups is 1. The zero-order chi connectivity index (χ0) is 11.8. The van der Waals surface area contributed by atoms with Crippen LogP contribution in [0.15, 0.2) is 24.3 Å². The van der Waals surface area contributed by atoms with Gasteiger partial charge in [-0.3, -0.25) is 4.79 Å². The number of hydrogen-bond acceptors (Lipinski definition) is 3. The number of benzene rings is 1. The molecule has 0 unspecified atom stereocenters. The monoisotopic (exact) mass is 222 g/mol. The molecule has 0 bridgehead atoms. The molecule has 0 aliphatic heterocycles. The SMILES string of the molecule is CCOc1cccc(CNCCC(N)=O)c1. The summed E-state index contributed by atoms with van der Waals surface area (Å²) < 4.78 is 5.39. The lowest BCUT2D eigenvalue weighted by molar-refractivity contribution is -0.117. The maximum absolute atomic E-state index is 10.5. The van der Waals surface area contributed by atoms with Crippen molar-refractivity contribution in [1.82, 2.24) is 5.32 Å². The summed E-state index contributed by atoms with van der Waals surface area (Å²) in [5.74, 6) is 0.590. The molecule has 3 N–H and O–H groups in total. The summed E-state index contributed by atoms with van der Waals surface area (Å²) in [6, 6.07) is 7.88. The van der Waals surface area contributed by atoms with Gasteiger partial charge >= 0.3 is 0 Å². The second-order valence-electron chi connectivity index (χ2n) is 3.47. The third-order valence-electron chi connectivity index (χ3n) is 2.09. The third kappa shape index (κ3) is 4.79. The molecule has 1 amide bonds. The van der Waals surface area contributed by atoms with Gasteiger partial charge in [0.1, 0.15) is 5.75 Å². The van der Waals surface area contributed by atoms with Crippen molar-refractivity contribution in [3.05, 3.63) is 29.8 Å². The van der Waals surface area contributed by atoms with Gasteiger partial charge in [0.15, 0.2) is 0 Å². The molecule has 0 radical (unpaired) electrons. The van der Waals surface area contributed by atoms with Crippen molar-refractivity contribution < 1.29 is 9.53 Å². The second-order valence-corrected chi connectivity index (χ2v) is 3.47. The van der Waals surface area contributed by atoms with Crippen molar-refractivity contribution in [2.75, 3.05) is 13.2 Å². The van der Waals surface area contributed by atoms with Crippen LogP contribution in [0.25, 0.3) is 0 Å². The van der Waals surface area contributed by atoms with Crippen molar-refractivity contribution in [3.8, 4) is 5.75 Å². The minimum Gasteiger partial charge on any atom is -0.494 e. The Hall–Kier alpha value is -1.55. The Kier molecular flexibility index (Phi) is 5.36. The van der Waals surface area contributed by atoms with Gasteiger partial charge in [-0.15, -0.1) is 0 Å². The van der Waals surface area contributed by atoms with Gasteiger partial charge in [0.05, 0.1) is 6.61 Å². The number of amides is 1. The van der Waals surface area contributed by atoms with E-state index < -0.39 is 0 Å². The normalized spacial score (nSPS) is 10.1. The molecule has 88 valence electrons. The molecule has 0 heterocycles. The van der Waals surface area contributed by atoms with Gasteiger partial charge in [-0.05, 0) is 24.6 Å².